The highest BCUT2D eigenvalue weighted by Gasteiger charge is 2.30. The summed E-state index contributed by atoms with van der Waals surface area (Å²) in [4.78, 5) is 36.7. The maximum Gasteiger partial charge on any atom is 0.308 e. The monoisotopic (exact) mass is 632 g/mol. The third-order valence-corrected chi connectivity index (χ3v) is 8.63. The third-order valence-electron chi connectivity index (χ3n) is 8.63. The van der Waals surface area contributed by atoms with Crippen LogP contribution >= 0.6 is 0 Å². The number of carbonyl (C=O) groups is 3. The molecule has 0 saturated heterocycles. The lowest BCUT2D eigenvalue weighted by Gasteiger charge is -2.26. The van der Waals surface area contributed by atoms with E-state index in [4.69, 9.17) is 14.2 Å². The van der Waals surface area contributed by atoms with Gasteiger partial charge in [-0.1, -0.05) is 39.8 Å². The summed E-state index contributed by atoms with van der Waals surface area (Å²) >= 11 is 0. The Labute approximate surface area is 275 Å². The van der Waals surface area contributed by atoms with Gasteiger partial charge in [-0.05, 0) is 90.6 Å². The Balaban J connectivity index is 2.29. The van der Waals surface area contributed by atoms with Crippen molar-refractivity contribution in [3.05, 3.63) is 62.2 Å². The van der Waals surface area contributed by atoms with E-state index in [-0.39, 0.29) is 28.9 Å². The lowest BCUT2D eigenvalue weighted by molar-refractivity contribution is -0.134. The number of fused-ring (bicyclic) bond motifs is 2. The predicted octanol–water partition coefficient (Wildman–Crippen LogP) is 8.97. The van der Waals surface area contributed by atoms with Crippen molar-refractivity contribution < 1.29 is 28.6 Å². The van der Waals surface area contributed by atoms with Crippen molar-refractivity contribution in [1.29, 1.82) is 10.5 Å². The molecule has 0 spiro atoms. The van der Waals surface area contributed by atoms with E-state index >= 15 is 0 Å². The highest BCUT2D eigenvalue weighted by Crippen LogP contribution is 2.50. The lowest BCUT2D eigenvalue weighted by atomic mass is 9.79. The first-order valence-corrected chi connectivity index (χ1v) is 15.6. The van der Waals surface area contributed by atoms with Crippen LogP contribution in [-0.4, -0.2) is 17.9 Å². The molecule has 4 aromatic rings. The fraction of sp³-hybridized carbons (Fsp3) is 0.359. The van der Waals surface area contributed by atoms with Gasteiger partial charge < -0.3 is 14.2 Å². The zero-order valence-corrected chi connectivity index (χ0v) is 29.2. The van der Waals surface area contributed by atoms with E-state index in [1.807, 2.05) is 67.5 Å². The van der Waals surface area contributed by atoms with E-state index in [0.29, 0.717) is 27.8 Å². The van der Waals surface area contributed by atoms with E-state index in [1.54, 1.807) is 6.92 Å². The van der Waals surface area contributed by atoms with Crippen molar-refractivity contribution in [2.75, 3.05) is 0 Å². The van der Waals surface area contributed by atoms with Crippen molar-refractivity contribution in [1.82, 2.24) is 0 Å². The Morgan fingerprint density at radius 3 is 1.32 bits per heavy atom. The maximum atomic E-state index is 12.3. The predicted molar refractivity (Wildman–Crippen MR) is 182 cm³/mol. The van der Waals surface area contributed by atoms with Gasteiger partial charge in [0.1, 0.15) is 23.5 Å². The topological polar surface area (TPSA) is 126 Å². The fourth-order valence-corrected chi connectivity index (χ4v) is 7.06. The molecule has 0 aliphatic heterocycles. The Morgan fingerprint density at radius 2 is 0.936 bits per heavy atom. The SMILES string of the molecule is CC(=O)Oc1c(C)c(C#N)c2c(C)c(-c3c(C)cc4c(C(C)C)c(OC(C)=O)c(OC(C)=O)c(C#N)c4c3C)c(C)cc2c1C(C)C. The summed E-state index contributed by atoms with van der Waals surface area (Å²) in [5.74, 6) is -1.47. The Morgan fingerprint density at radius 1 is 0.574 bits per heavy atom. The highest BCUT2D eigenvalue weighted by molar-refractivity contribution is 6.07. The molecule has 4 rings (SSSR count). The number of benzene rings is 4. The summed E-state index contributed by atoms with van der Waals surface area (Å²) < 4.78 is 17.0. The number of nitriles is 2. The van der Waals surface area contributed by atoms with Gasteiger partial charge in [-0.25, -0.2) is 0 Å². The molecule has 242 valence electrons. The molecule has 0 amide bonds. The van der Waals surface area contributed by atoms with Gasteiger partial charge in [0.25, 0.3) is 0 Å². The van der Waals surface area contributed by atoms with Gasteiger partial charge in [0.2, 0.25) is 0 Å². The molecule has 0 unspecified atom stereocenters. The number of esters is 3. The van der Waals surface area contributed by atoms with Crippen molar-refractivity contribution in [3.63, 3.8) is 0 Å². The number of aryl methyl sites for hydroxylation is 4. The summed E-state index contributed by atoms with van der Waals surface area (Å²) in [6.07, 6.45) is 0. The quantitative estimate of drug-likeness (QED) is 0.152. The first-order valence-electron chi connectivity index (χ1n) is 15.6. The second-order valence-corrected chi connectivity index (χ2v) is 12.7. The number of carbonyl (C=O) groups excluding carboxylic acids is 3. The van der Waals surface area contributed by atoms with Crippen LogP contribution in [0.5, 0.6) is 17.2 Å². The number of ether oxygens (including phenoxy) is 3. The van der Waals surface area contributed by atoms with E-state index in [1.165, 1.54) is 20.8 Å². The summed E-state index contributed by atoms with van der Waals surface area (Å²) in [6.45, 7) is 21.5. The van der Waals surface area contributed by atoms with Gasteiger partial charge in [-0.2, -0.15) is 10.5 Å². The number of hydrogen-bond donors (Lipinski definition) is 0. The van der Waals surface area contributed by atoms with Crippen LogP contribution in [0.2, 0.25) is 0 Å². The Hall–Kier alpha value is -5.21. The molecule has 0 bridgehead atoms. The van der Waals surface area contributed by atoms with Gasteiger partial charge in [-0.3, -0.25) is 14.4 Å². The molecule has 0 radical (unpaired) electrons. The smallest absolute Gasteiger partial charge is 0.308 e. The maximum absolute atomic E-state index is 12.3. The van der Waals surface area contributed by atoms with Crippen LogP contribution in [0.15, 0.2) is 12.1 Å². The second kappa shape index (κ2) is 12.9. The van der Waals surface area contributed by atoms with Crippen molar-refractivity contribution in [2.45, 2.75) is 94.9 Å². The van der Waals surface area contributed by atoms with Crippen LogP contribution < -0.4 is 14.2 Å². The van der Waals surface area contributed by atoms with Crippen LogP contribution in [0.4, 0.5) is 0 Å². The number of hydrogen-bond acceptors (Lipinski definition) is 8. The summed E-state index contributed by atoms with van der Waals surface area (Å²) in [5, 5.41) is 23.9. The summed E-state index contributed by atoms with van der Waals surface area (Å²) in [6, 6.07) is 8.64. The largest absolute Gasteiger partial charge is 0.426 e. The molecule has 47 heavy (non-hydrogen) atoms. The molecule has 0 N–H and O–H groups in total. The number of nitrogens with zero attached hydrogens (tertiary/aromatic N) is 2. The minimum atomic E-state index is -0.649. The normalized spacial score (nSPS) is 11.1. The second-order valence-electron chi connectivity index (χ2n) is 12.7. The van der Waals surface area contributed by atoms with Crippen molar-refractivity contribution in [2.24, 2.45) is 0 Å². The van der Waals surface area contributed by atoms with E-state index < -0.39 is 17.9 Å². The average molecular weight is 633 g/mol. The zero-order chi connectivity index (χ0) is 35.2. The van der Waals surface area contributed by atoms with Gasteiger partial charge >= 0.3 is 17.9 Å². The van der Waals surface area contributed by atoms with Crippen LogP contribution in [0.3, 0.4) is 0 Å². The van der Waals surface area contributed by atoms with E-state index in [2.05, 4.69) is 12.1 Å². The highest BCUT2D eigenvalue weighted by atomic mass is 16.6. The fourth-order valence-electron chi connectivity index (χ4n) is 7.06. The summed E-state index contributed by atoms with van der Waals surface area (Å²) in [7, 11) is 0. The van der Waals surface area contributed by atoms with Crippen LogP contribution in [0.25, 0.3) is 32.7 Å². The standard InChI is InChI=1S/C39H40N2O6/c1-17(2)31-27-13-19(5)33(22(8)35(27)29(15-40)21(7)37(31)45-24(10)42)34-20(6)14-28-32(18(3)4)39(47-26(12)44)38(46-25(11)43)30(16-41)36(28)23(34)9/h13-14,17-18H,1-12H3. The minimum Gasteiger partial charge on any atom is -0.426 e. The average Bonchev–Trinajstić information content (AvgIpc) is 2.94. The Bertz CT molecular complexity index is 2120. The first kappa shape index (κ1) is 34.7. The molecule has 0 aliphatic carbocycles. The molecular formula is C39H40N2O6. The number of rotatable bonds is 6. The molecular weight excluding hydrogens is 592 g/mol. The van der Waals surface area contributed by atoms with Crippen molar-refractivity contribution >= 4 is 39.5 Å². The molecule has 0 heterocycles. The molecule has 0 saturated carbocycles. The molecule has 0 aromatic heterocycles. The van der Waals surface area contributed by atoms with Crippen molar-refractivity contribution in [3.8, 4) is 40.5 Å². The molecule has 4 aromatic carbocycles. The molecule has 8 nitrogen and oxygen atoms in total. The lowest BCUT2D eigenvalue weighted by Crippen LogP contribution is -2.12. The molecule has 8 heteroatoms. The molecule has 0 aliphatic rings. The van der Waals surface area contributed by atoms with E-state index in [0.717, 1.165) is 55.1 Å². The van der Waals surface area contributed by atoms with Gasteiger partial charge in [0.15, 0.2) is 11.5 Å². The van der Waals surface area contributed by atoms with Gasteiger partial charge in [0, 0.05) is 48.2 Å². The first-order chi connectivity index (χ1) is 22.0. The summed E-state index contributed by atoms with van der Waals surface area (Å²) in [5.41, 5.74) is 7.92. The van der Waals surface area contributed by atoms with Gasteiger partial charge in [0.05, 0.1) is 5.56 Å². The van der Waals surface area contributed by atoms with Crippen LogP contribution in [0, 0.1) is 57.3 Å². The third kappa shape index (κ3) is 5.81. The van der Waals surface area contributed by atoms with E-state index in [9.17, 15) is 24.9 Å². The Kier molecular flexibility index (Phi) is 9.50. The molecule has 0 atom stereocenters. The minimum absolute atomic E-state index is 0.00848. The zero-order valence-electron chi connectivity index (χ0n) is 29.2. The van der Waals surface area contributed by atoms with Crippen LogP contribution in [0.1, 0.15) is 110 Å². The molecule has 0 fully saturated rings. The van der Waals surface area contributed by atoms with Gasteiger partial charge in [-0.15, -0.1) is 0 Å². The van der Waals surface area contributed by atoms with Crippen LogP contribution in [-0.2, 0) is 14.4 Å².